The van der Waals surface area contributed by atoms with Crippen LogP contribution in [0, 0.1) is 5.82 Å². The molecule has 1 aliphatic rings. The van der Waals surface area contributed by atoms with Crippen molar-refractivity contribution in [2.24, 2.45) is 0 Å². The van der Waals surface area contributed by atoms with Gasteiger partial charge in [0, 0.05) is 12.6 Å². The maximum absolute atomic E-state index is 13.1. The normalized spacial score (nSPS) is 18.6. The van der Waals surface area contributed by atoms with E-state index in [4.69, 9.17) is 4.18 Å². The van der Waals surface area contributed by atoms with Gasteiger partial charge in [-0.05, 0) is 49.2 Å². The molecular weight excluding hydrogens is 329 g/mol. The molecule has 0 spiro atoms. The highest BCUT2D eigenvalue weighted by molar-refractivity contribution is 7.87. The summed E-state index contributed by atoms with van der Waals surface area (Å²) >= 11 is 0. The molecule has 1 saturated heterocycles. The van der Waals surface area contributed by atoms with E-state index in [1.807, 2.05) is 0 Å². The number of halogens is 1. The van der Waals surface area contributed by atoms with Crippen LogP contribution in [0.3, 0.4) is 0 Å². The quantitative estimate of drug-likeness (QED) is 0.750. The van der Waals surface area contributed by atoms with Crippen molar-refractivity contribution in [1.82, 2.24) is 4.90 Å². The van der Waals surface area contributed by atoms with E-state index in [0.29, 0.717) is 12.3 Å². The van der Waals surface area contributed by atoms with Crippen molar-refractivity contribution >= 4 is 10.1 Å². The zero-order chi connectivity index (χ0) is 17.0. The minimum absolute atomic E-state index is 0.0699. The molecule has 24 heavy (non-hydrogen) atoms. The fourth-order valence-electron chi connectivity index (χ4n) is 3.05. The van der Waals surface area contributed by atoms with Gasteiger partial charge in [-0.1, -0.05) is 30.3 Å². The van der Waals surface area contributed by atoms with Crippen LogP contribution in [0.1, 0.15) is 24.4 Å². The molecule has 1 unspecified atom stereocenters. The summed E-state index contributed by atoms with van der Waals surface area (Å²) in [6.45, 7) is 1.24. The molecule has 128 valence electrons. The highest BCUT2D eigenvalue weighted by Crippen LogP contribution is 2.31. The summed E-state index contributed by atoms with van der Waals surface area (Å²) < 4.78 is 42.5. The van der Waals surface area contributed by atoms with Gasteiger partial charge in [0.15, 0.2) is 0 Å². The Morgan fingerprint density at radius 1 is 1.08 bits per heavy atom. The van der Waals surface area contributed by atoms with Gasteiger partial charge in [-0.2, -0.15) is 8.42 Å². The van der Waals surface area contributed by atoms with Crippen molar-refractivity contribution in [3.05, 3.63) is 66.0 Å². The summed E-state index contributed by atoms with van der Waals surface area (Å²) in [6.07, 6.45) is 1.95. The molecule has 0 radical (unpaired) electrons. The number of hydrogen-bond donors (Lipinski definition) is 0. The summed E-state index contributed by atoms with van der Waals surface area (Å²) in [5.74, 6) is -0.00398. The van der Waals surface area contributed by atoms with E-state index in [9.17, 15) is 12.8 Å². The third-order valence-electron chi connectivity index (χ3n) is 4.21. The largest absolute Gasteiger partial charge is 0.382 e. The van der Waals surface area contributed by atoms with E-state index in [-0.39, 0.29) is 17.6 Å². The number of rotatable bonds is 6. The van der Waals surface area contributed by atoms with Crippen LogP contribution in [0.4, 0.5) is 4.39 Å². The predicted octanol–water partition coefficient (Wildman–Crippen LogP) is 3.37. The lowest BCUT2D eigenvalue weighted by Gasteiger charge is -2.24. The lowest BCUT2D eigenvalue weighted by atomic mass is 10.0. The molecule has 0 amide bonds. The molecule has 0 N–H and O–H groups in total. The highest BCUT2D eigenvalue weighted by Gasteiger charge is 2.27. The summed E-state index contributed by atoms with van der Waals surface area (Å²) in [5, 5.41) is 0. The first-order valence-corrected chi connectivity index (χ1v) is 9.58. The van der Waals surface area contributed by atoms with E-state index in [2.05, 4.69) is 4.90 Å². The number of nitrogens with zero attached hydrogens (tertiary/aromatic N) is 1. The fourth-order valence-corrected chi connectivity index (χ4v) is 4.00. The SMILES string of the molecule is O=S(=O)(CCN1CCCC1c1ccc(F)cc1)Oc1ccccc1. The van der Waals surface area contributed by atoms with Gasteiger partial charge < -0.3 is 4.18 Å². The molecule has 2 aromatic carbocycles. The molecule has 1 atom stereocenters. The molecule has 0 aliphatic carbocycles. The highest BCUT2D eigenvalue weighted by atomic mass is 32.2. The third kappa shape index (κ3) is 4.33. The van der Waals surface area contributed by atoms with Gasteiger partial charge in [0.2, 0.25) is 0 Å². The van der Waals surface area contributed by atoms with Crippen molar-refractivity contribution in [2.45, 2.75) is 18.9 Å². The lowest BCUT2D eigenvalue weighted by Crippen LogP contribution is -2.30. The third-order valence-corrected chi connectivity index (χ3v) is 5.34. The van der Waals surface area contributed by atoms with Crippen molar-refractivity contribution in [3.8, 4) is 5.75 Å². The molecule has 2 aromatic rings. The second-order valence-electron chi connectivity index (χ2n) is 5.90. The van der Waals surface area contributed by atoms with Gasteiger partial charge in [-0.25, -0.2) is 4.39 Å². The maximum atomic E-state index is 13.1. The van der Waals surface area contributed by atoms with E-state index >= 15 is 0 Å². The van der Waals surface area contributed by atoms with E-state index in [1.165, 1.54) is 12.1 Å². The Labute approximate surface area is 142 Å². The predicted molar refractivity (Wildman–Crippen MR) is 90.8 cm³/mol. The second kappa shape index (κ2) is 7.32. The molecule has 1 fully saturated rings. The van der Waals surface area contributed by atoms with Crippen LogP contribution < -0.4 is 4.18 Å². The Bertz CT molecular complexity index is 763. The Morgan fingerprint density at radius 3 is 2.50 bits per heavy atom. The number of hydrogen-bond acceptors (Lipinski definition) is 4. The zero-order valence-electron chi connectivity index (χ0n) is 13.3. The van der Waals surface area contributed by atoms with Gasteiger partial charge in [0.25, 0.3) is 0 Å². The van der Waals surface area contributed by atoms with Crippen LogP contribution in [0.15, 0.2) is 54.6 Å². The van der Waals surface area contributed by atoms with Crippen molar-refractivity contribution in [1.29, 1.82) is 0 Å². The average Bonchev–Trinajstić information content (AvgIpc) is 3.03. The Kier molecular flexibility index (Phi) is 5.16. The van der Waals surface area contributed by atoms with Crippen LogP contribution in [-0.4, -0.2) is 32.2 Å². The molecule has 6 heteroatoms. The van der Waals surface area contributed by atoms with Gasteiger partial charge in [-0.3, -0.25) is 4.90 Å². The van der Waals surface area contributed by atoms with Gasteiger partial charge in [0.05, 0.1) is 5.75 Å². The standard InChI is InChI=1S/C18H20FNO3S/c19-16-10-8-15(9-11-16)18-7-4-12-20(18)13-14-24(21,22)23-17-5-2-1-3-6-17/h1-3,5-6,8-11,18H,4,7,12-14H2. The smallest absolute Gasteiger partial charge is 0.310 e. The number of para-hydroxylation sites is 1. The van der Waals surface area contributed by atoms with E-state index in [1.54, 1.807) is 42.5 Å². The molecule has 3 rings (SSSR count). The van der Waals surface area contributed by atoms with Crippen LogP contribution in [0.2, 0.25) is 0 Å². The molecule has 4 nitrogen and oxygen atoms in total. The summed E-state index contributed by atoms with van der Waals surface area (Å²) in [7, 11) is -3.64. The number of benzene rings is 2. The van der Waals surface area contributed by atoms with Gasteiger partial charge in [-0.15, -0.1) is 0 Å². The average molecular weight is 349 g/mol. The minimum atomic E-state index is -3.64. The molecule has 1 heterocycles. The Balaban J connectivity index is 1.61. The molecule has 0 aromatic heterocycles. The Hall–Kier alpha value is -1.92. The summed E-state index contributed by atoms with van der Waals surface area (Å²) in [5.41, 5.74) is 1.02. The van der Waals surface area contributed by atoms with Gasteiger partial charge >= 0.3 is 10.1 Å². The monoisotopic (exact) mass is 349 g/mol. The van der Waals surface area contributed by atoms with Crippen molar-refractivity contribution in [3.63, 3.8) is 0 Å². The number of likely N-dealkylation sites (tertiary alicyclic amines) is 1. The summed E-state index contributed by atoms with van der Waals surface area (Å²) in [4.78, 5) is 2.12. The topological polar surface area (TPSA) is 46.6 Å². The van der Waals surface area contributed by atoms with Crippen molar-refractivity contribution < 1.29 is 17.0 Å². The van der Waals surface area contributed by atoms with Crippen molar-refractivity contribution in [2.75, 3.05) is 18.8 Å². The minimum Gasteiger partial charge on any atom is -0.382 e. The fraction of sp³-hybridized carbons (Fsp3) is 0.333. The second-order valence-corrected chi connectivity index (χ2v) is 7.59. The first-order valence-electron chi connectivity index (χ1n) is 8.00. The van der Waals surface area contributed by atoms with E-state index in [0.717, 1.165) is 24.9 Å². The molecule has 0 bridgehead atoms. The van der Waals surface area contributed by atoms with Gasteiger partial charge in [0.1, 0.15) is 11.6 Å². The molecule has 1 aliphatic heterocycles. The van der Waals surface area contributed by atoms with Crippen LogP contribution in [0.5, 0.6) is 5.75 Å². The Morgan fingerprint density at radius 2 is 1.79 bits per heavy atom. The van der Waals surface area contributed by atoms with Crippen LogP contribution in [0.25, 0.3) is 0 Å². The first kappa shape index (κ1) is 16.9. The molecular formula is C18H20FNO3S. The maximum Gasteiger partial charge on any atom is 0.310 e. The van der Waals surface area contributed by atoms with Crippen LogP contribution in [-0.2, 0) is 10.1 Å². The van der Waals surface area contributed by atoms with Crippen LogP contribution >= 0.6 is 0 Å². The lowest BCUT2D eigenvalue weighted by molar-refractivity contribution is 0.270. The van der Waals surface area contributed by atoms with E-state index < -0.39 is 10.1 Å². The molecule has 0 saturated carbocycles. The first-order chi connectivity index (χ1) is 11.5. The summed E-state index contributed by atoms with van der Waals surface area (Å²) in [6, 6.07) is 15.1. The zero-order valence-corrected chi connectivity index (χ0v) is 14.1.